The molecule has 1 aromatic carbocycles. The fraction of sp³-hybridized carbons (Fsp3) is 0.542. The quantitative estimate of drug-likeness (QED) is 0.615. The van der Waals surface area contributed by atoms with Gasteiger partial charge < -0.3 is 15.3 Å². The van der Waals surface area contributed by atoms with E-state index in [0.29, 0.717) is 12.4 Å². The van der Waals surface area contributed by atoms with E-state index in [2.05, 4.69) is 34.3 Å². The van der Waals surface area contributed by atoms with Crippen LogP contribution in [0.2, 0.25) is 0 Å². The molecule has 2 amide bonds. The Balaban J connectivity index is 1.51. The molecular formula is C24H34N4O3S. The molecule has 1 aliphatic carbocycles. The highest BCUT2D eigenvalue weighted by atomic mass is 32.3. The Bertz CT molecular complexity index is 1020. The minimum Gasteiger partial charge on any atom is -0.388 e. The Morgan fingerprint density at radius 2 is 1.88 bits per heavy atom. The Hall–Kier alpha value is -2.32. The molecule has 1 fully saturated rings. The van der Waals surface area contributed by atoms with Gasteiger partial charge in [0.2, 0.25) is 11.8 Å². The Labute approximate surface area is 191 Å². The third-order valence-electron chi connectivity index (χ3n) is 7.30. The first-order chi connectivity index (χ1) is 15.0. The summed E-state index contributed by atoms with van der Waals surface area (Å²) < 4.78 is -0.303. The van der Waals surface area contributed by atoms with E-state index in [0.717, 1.165) is 36.1 Å². The first-order valence-corrected chi connectivity index (χ1v) is 13.9. The van der Waals surface area contributed by atoms with Crippen LogP contribution in [0.1, 0.15) is 62.5 Å². The van der Waals surface area contributed by atoms with E-state index in [4.69, 9.17) is 0 Å². The van der Waals surface area contributed by atoms with Gasteiger partial charge in [0.15, 0.2) is 5.82 Å². The second-order valence-electron chi connectivity index (χ2n) is 10.2. The van der Waals surface area contributed by atoms with E-state index in [-0.39, 0.29) is 23.0 Å². The van der Waals surface area contributed by atoms with Gasteiger partial charge in [0.05, 0.1) is 35.0 Å². The summed E-state index contributed by atoms with van der Waals surface area (Å²) in [4.78, 5) is 28.2. The summed E-state index contributed by atoms with van der Waals surface area (Å²) in [5, 5.41) is 21.1. The molecule has 1 saturated carbocycles. The standard InChI is InChI=1S/C24H34N4O3S/c1-23(2)20-17(15-28(23)19(30)14-18(29)16-10-7-6-8-11-16)21(27-26-20)25-22(31)24(12-9-13-24)32(3,4)5/h6-8,10-11,18,29H,9,12-15H2,1-5H3,(H2,25,26,27,31). The maximum absolute atomic E-state index is 13.3. The number of fused-ring (bicyclic) bond motifs is 1. The van der Waals surface area contributed by atoms with Crippen molar-refractivity contribution in [3.05, 3.63) is 47.2 Å². The molecule has 2 aromatic rings. The Kier molecular flexibility index (Phi) is 5.66. The third kappa shape index (κ3) is 3.63. The molecule has 1 atom stereocenters. The SMILES string of the molecule is CC1(C)c2[nH]nc(NC(=O)C3(S(C)(C)C)CCC3)c2CN1C(=O)CC(O)c1ccccc1. The normalized spacial score (nSPS) is 20.2. The number of aliphatic hydroxyl groups excluding tert-OH is 1. The lowest BCUT2D eigenvalue weighted by atomic mass is 9.83. The lowest BCUT2D eigenvalue weighted by molar-refractivity contribution is -0.138. The summed E-state index contributed by atoms with van der Waals surface area (Å²) in [6.45, 7) is 4.27. The summed E-state index contributed by atoms with van der Waals surface area (Å²) >= 11 is 0. The van der Waals surface area contributed by atoms with Crippen LogP contribution in [0.25, 0.3) is 0 Å². The van der Waals surface area contributed by atoms with Crippen LogP contribution in [0.3, 0.4) is 0 Å². The summed E-state index contributed by atoms with van der Waals surface area (Å²) in [7, 11) is -1.07. The zero-order valence-corrected chi connectivity index (χ0v) is 20.4. The van der Waals surface area contributed by atoms with E-state index in [9.17, 15) is 14.7 Å². The highest BCUT2D eigenvalue weighted by Gasteiger charge is 2.51. The maximum Gasteiger partial charge on any atom is 0.240 e. The number of H-pyrrole nitrogens is 1. The lowest BCUT2D eigenvalue weighted by Gasteiger charge is -2.53. The van der Waals surface area contributed by atoms with Crippen LogP contribution in [0, 0.1) is 0 Å². The number of aromatic amines is 1. The maximum atomic E-state index is 13.3. The fourth-order valence-corrected chi connectivity index (χ4v) is 7.05. The number of carbonyl (C=O) groups excluding carboxylic acids is 2. The zero-order valence-electron chi connectivity index (χ0n) is 19.6. The third-order valence-corrected chi connectivity index (χ3v) is 10.2. The molecule has 1 aromatic heterocycles. The molecule has 1 aliphatic heterocycles. The van der Waals surface area contributed by atoms with Crippen molar-refractivity contribution in [1.82, 2.24) is 15.1 Å². The van der Waals surface area contributed by atoms with Crippen molar-refractivity contribution < 1.29 is 14.7 Å². The predicted molar refractivity (Wildman–Crippen MR) is 129 cm³/mol. The molecule has 0 spiro atoms. The molecule has 1 unspecified atom stereocenters. The largest absolute Gasteiger partial charge is 0.388 e. The second kappa shape index (κ2) is 7.92. The highest BCUT2D eigenvalue weighted by Crippen LogP contribution is 2.60. The van der Waals surface area contributed by atoms with Crippen molar-refractivity contribution in [1.29, 1.82) is 0 Å². The van der Waals surface area contributed by atoms with Crippen molar-refractivity contribution in [2.75, 3.05) is 24.1 Å². The molecule has 0 radical (unpaired) electrons. The number of hydrogen-bond acceptors (Lipinski definition) is 4. The number of aromatic nitrogens is 2. The molecule has 2 aliphatic rings. The van der Waals surface area contributed by atoms with Crippen molar-refractivity contribution in [3.63, 3.8) is 0 Å². The number of anilines is 1. The van der Waals surface area contributed by atoms with E-state index in [1.54, 1.807) is 4.90 Å². The number of carbonyl (C=O) groups is 2. The number of benzene rings is 1. The van der Waals surface area contributed by atoms with Gasteiger partial charge in [-0.15, -0.1) is 0 Å². The Morgan fingerprint density at radius 1 is 1.22 bits per heavy atom. The van der Waals surface area contributed by atoms with Crippen molar-refractivity contribution in [2.24, 2.45) is 0 Å². The van der Waals surface area contributed by atoms with Gasteiger partial charge in [0.25, 0.3) is 0 Å². The van der Waals surface area contributed by atoms with Gasteiger partial charge in [-0.25, -0.2) is 10.0 Å². The van der Waals surface area contributed by atoms with Gasteiger partial charge >= 0.3 is 0 Å². The van der Waals surface area contributed by atoms with Crippen LogP contribution < -0.4 is 5.32 Å². The van der Waals surface area contributed by atoms with Crippen LogP contribution in [0.4, 0.5) is 5.82 Å². The van der Waals surface area contributed by atoms with Crippen molar-refractivity contribution >= 4 is 27.7 Å². The number of aliphatic hydroxyl groups is 1. The molecule has 0 saturated heterocycles. The van der Waals surface area contributed by atoms with Crippen LogP contribution >= 0.6 is 10.0 Å². The number of rotatable bonds is 6. The van der Waals surface area contributed by atoms with Crippen LogP contribution in [0.5, 0.6) is 0 Å². The Morgan fingerprint density at radius 3 is 2.44 bits per heavy atom. The predicted octanol–water partition coefficient (Wildman–Crippen LogP) is 3.67. The first-order valence-electron chi connectivity index (χ1n) is 11.1. The highest BCUT2D eigenvalue weighted by molar-refractivity contribution is 8.33. The minimum absolute atomic E-state index is 0.00331. The van der Waals surface area contributed by atoms with Crippen LogP contribution in [-0.2, 0) is 21.7 Å². The molecule has 2 heterocycles. The molecule has 7 nitrogen and oxygen atoms in total. The topological polar surface area (TPSA) is 98.3 Å². The fourth-order valence-electron chi connectivity index (χ4n) is 4.92. The molecule has 32 heavy (non-hydrogen) atoms. The monoisotopic (exact) mass is 458 g/mol. The molecule has 174 valence electrons. The average Bonchev–Trinajstić information content (AvgIpc) is 3.18. The number of hydrogen-bond donors (Lipinski definition) is 3. The van der Waals surface area contributed by atoms with Gasteiger partial charge in [-0.3, -0.25) is 14.7 Å². The van der Waals surface area contributed by atoms with E-state index >= 15 is 0 Å². The average molecular weight is 459 g/mol. The minimum atomic E-state index is -1.07. The van der Waals surface area contributed by atoms with E-state index in [1.807, 2.05) is 44.2 Å². The summed E-state index contributed by atoms with van der Waals surface area (Å²) in [6, 6.07) is 9.22. The van der Waals surface area contributed by atoms with Gasteiger partial charge in [0, 0.05) is 5.56 Å². The molecule has 3 N–H and O–H groups in total. The summed E-state index contributed by atoms with van der Waals surface area (Å²) in [5.74, 6) is 0.428. The summed E-state index contributed by atoms with van der Waals surface area (Å²) in [5.41, 5.74) is 1.80. The number of nitrogens with one attached hydrogen (secondary N) is 2. The number of amides is 2. The van der Waals surface area contributed by atoms with Crippen molar-refractivity contribution in [2.45, 2.75) is 62.5 Å². The molecule has 4 rings (SSSR count). The van der Waals surface area contributed by atoms with Gasteiger partial charge in [-0.2, -0.15) is 5.10 Å². The van der Waals surface area contributed by atoms with Crippen molar-refractivity contribution in [3.8, 4) is 0 Å². The van der Waals surface area contributed by atoms with Crippen LogP contribution in [0.15, 0.2) is 30.3 Å². The van der Waals surface area contributed by atoms with E-state index < -0.39 is 21.7 Å². The molecule has 0 bridgehead atoms. The molecular weight excluding hydrogens is 424 g/mol. The van der Waals surface area contributed by atoms with Crippen LogP contribution in [-0.4, -0.2) is 55.5 Å². The molecule has 8 heteroatoms. The first kappa shape index (κ1) is 22.9. The van der Waals surface area contributed by atoms with Gasteiger partial charge in [-0.1, -0.05) is 30.3 Å². The number of nitrogens with zero attached hydrogens (tertiary/aromatic N) is 2. The smallest absolute Gasteiger partial charge is 0.240 e. The lowest BCUT2D eigenvalue weighted by Crippen LogP contribution is -2.51. The van der Waals surface area contributed by atoms with Gasteiger partial charge in [-0.05, 0) is 57.4 Å². The second-order valence-corrected chi connectivity index (χ2v) is 14.7. The zero-order chi connectivity index (χ0) is 23.3. The summed E-state index contributed by atoms with van der Waals surface area (Å²) in [6.07, 6.45) is 8.64. The van der Waals surface area contributed by atoms with E-state index in [1.165, 1.54) is 0 Å². The van der Waals surface area contributed by atoms with Gasteiger partial charge in [0.1, 0.15) is 0 Å².